The third kappa shape index (κ3) is 3.06. The zero-order valence-corrected chi connectivity index (χ0v) is 12.9. The molecule has 0 N–H and O–H groups in total. The van der Waals surface area contributed by atoms with Gasteiger partial charge in [0.25, 0.3) is 0 Å². The maximum Gasteiger partial charge on any atom is 0.336 e. The van der Waals surface area contributed by atoms with Crippen molar-refractivity contribution in [2.24, 2.45) is 5.92 Å². The van der Waals surface area contributed by atoms with E-state index >= 15 is 0 Å². The minimum Gasteiger partial charge on any atom is -0.423 e. The van der Waals surface area contributed by atoms with Gasteiger partial charge < -0.3 is 9.32 Å². The summed E-state index contributed by atoms with van der Waals surface area (Å²) in [5.41, 5.74) is 0.909. The lowest BCUT2D eigenvalue weighted by Crippen LogP contribution is -2.24. The summed E-state index contributed by atoms with van der Waals surface area (Å²) in [5.74, 6) is 0.914. The molecule has 2 aromatic rings. The van der Waals surface area contributed by atoms with Crippen LogP contribution in [0.1, 0.15) is 13.3 Å². The number of hydrogen-bond acceptors (Lipinski definition) is 5. The molecule has 1 unspecified atom stereocenters. The van der Waals surface area contributed by atoms with E-state index in [0.29, 0.717) is 24.3 Å². The van der Waals surface area contributed by atoms with Gasteiger partial charge in [0.15, 0.2) is 5.12 Å². The lowest BCUT2D eigenvalue weighted by molar-refractivity contribution is -0.117. The molecular formula is C16H15NO4S. The number of carbonyl (C=O) groups excluding carboxylic acids is 2. The number of nitrogens with zero attached hydrogens (tertiary/aromatic N) is 1. The number of rotatable bonds is 3. The maximum atomic E-state index is 12.2. The lowest BCUT2D eigenvalue weighted by atomic mass is 10.1. The first-order valence-corrected chi connectivity index (χ1v) is 7.99. The SMILES string of the molecule is CC(=O)SCC1CC(=O)N(c2ccc3oc(=O)ccc3c2)C1. The average Bonchev–Trinajstić information content (AvgIpc) is 2.85. The number of benzene rings is 1. The molecule has 2 heterocycles. The Kier molecular flexibility index (Phi) is 4.02. The summed E-state index contributed by atoms with van der Waals surface area (Å²) in [6, 6.07) is 8.38. The lowest BCUT2D eigenvalue weighted by Gasteiger charge is -2.17. The van der Waals surface area contributed by atoms with Crippen LogP contribution in [0.4, 0.5) is 5.69 Å². The zero-order valence-electron chi connectivity index (χ0n) is 12.1. The van der Waals surface area contributed by atoms with Crippen molar-refractivity contribution in [3.63, 3.8) is 0 Å². The smallest absolute Gasteiger partial charge is 0.336 e. The fraction of sp³-hybridized carbons (Fsp3) is 0.312. The largest absolute Gasteiger partial charge is 0.423 e. The second-order valence-electron chi connectivity index (χ2n) is 5.35. The van der Waals surface area contributed by atoms with Crippen LogP contribution < -0.4 is 10.5 Å². The number of amides is 1. The Morgan fingerprint density at radius 3 is 2.91 bits per heavy atom. The van der Waals surface area contributed by atoms with E-state index in [2.05, 4.69) is 0 Å². The van der Waals surface area contributed by atoms with Crippen LogP contribution in [0.15, 0.2) is 39.5 Å². The molecule has 1 aliphatic rings. The molecule has 3 rings (SSSR count). The van der Waals surface area contributed by atoms with Gasteiger partial charge in [-0.2, -0.15) is 0 Å². The first-order valence-electron chi connectivity index (χ1n) is 7.00. The Hall–Kier alpha value is -2.08. The van der Waals surface area contributed by atoms with E-state index in [9.17, 15) is 14.4 Å². The average molecular weight is 317 g/mol. The van der Waals surface area contributed by atoms with E-state index in [0.717, 1.165) is 11.1 Å². The Morgan fingerprint density at radius 1 is 1.32 bits per heavy atom. The summed E-state index contributed by atoms with van der Waals surface area (Å²) in [7, 11) is 0. The summed E-state index contributed by atoms with van der Waals surface area (Å²) in [4.78, 5) is 36.1. The van der Waals surface area contributed by atoms with Crippen molar-refractivity contribution in [3.8, 4) is 0 Å². The Balaban J connectivity index is 1.81. The van der Waals surface area contributed by atoms with E-state index in [1.54, 1.807) is 23.1 Å². The van der Waals surface area contributed by atoms with Crippen LogP contribution in [-0.2, 0) is 9.59 Å². The molecule has 1 amide bonds. The summed E-state index contributed by atoms with van der Waals surface area (Å²) < 4.78 is 5.09. The molecule has 1 fully saturated rings. The van der Waals surface area contributed by atoms with E-state index in [4.69, 9.17) is 4.42 Å². The third-order valence-electron chi connectivity index (χ3n) is 3.64. The summed E-state index contributed by atoms with van der Waals surface area (Å²) in [6.07, 6.45) is 0.461. The van der Waals surface area contributed by atoms with Crippen LogP contribution in [0.5, 0.6) is 0 Å². The number of thioether (sulfide) groups is 1. The molecule has 1 saturated heterocycles. The highest BCUT2D eigenvalue weighted by Crippen LogP contribution is 2.29. The quantitative estimate of drug-likeness (QED) is 0.813. The highest BCUT2D eigenvalue weighted by atomic mass is 32.2. The maximum absolute atomic E-state index is 12.2. The van der Waals surface area contributed by atoms with Crippen molar-refractivity contribution in [1.29, 1.82) is 0 Å². The fourth-order valence-electron chi connectivity index (χ4n) is 2.61. The van der Waals surface area contributed by atoms with Gasteiger partial charge in [-0.25, -0.2) is 4.79 Å². The Labute approximate surface area is 131 Å². The van der Waals surface area contributed by atoms with Gasteiger partial charge in [-0.3, -0.25) is 9.59 Å². The summed E-state index contributed by atoms with van der Waals surface area (Å²) in [5, 5.41) is 0.859. The number of fused-ring (bicyclic) bond motifs is 1. The third-order valence-corrected chi connectivity index (χ3v) is 4.69. The predicted molar refractivity (Wildman–Crippen MR) is 86.1 cm³/mol. The van der Waals surface area contributed by atoms with E-state index in [1.807, 2.05) is 6.07 Å². The predicted octanol–water partition coefficient (Wildman–Crippen LogP) is 2.43. The van der Waals surface area contributed by atoms with Gasteiger partial charge >= 0.3 is 5.63 Å². The highest BCUT2D eigenvalue weighted by molar-refractivity contribution is 8.13. The molecule has 1 aliphatic heterocycles. The Morgan fingerprint density at radius 2 is 2.14 bits per heavy atom. The normalized spacial score (nSPS) is 18.1. The van der Waals surface area contributed by atoms with Gasteiger partial charge in [-0.05, 0) is 30.2 Å². The van der Waals surface area contributed by atoms with E-state index in [1.165, 1.54) is 24.8 Å². The van der Waals surface area contributed by atoms with Crippen molar-refractivity contribution < 1.29 is 14.0 Å². The molecule has 22 heavy (non-hydrogen) atoms. The minimum absolute atomic E-state index is 0.0610. The second kappa shape index (κ2) is 5.96. The van der Waals surface area contributed by atoms with Crippen LogP contribution >= 0.6 is 11.8 Å². The topological polar surface area (TPSA) is 67.6 Å². The molecule has 0 radical (unpaired) electrons. The molecule has 0 spiro atoms. The number of hydrogen-bond donors (Lipinski definition) is 0. The van der Waals surface area contributed by atoms with Crippen LogP contribution in [-0.4, -0.2) is 23.3 Å². The van der Waals surface area contributed by atoms with Crippen LogP contribution in [0.25, 0.3) is 11.0 Å². The van der Waals surface area contributed by atoms with Gasteiger partial charge in [0.05, 0.1) is 0 Å². The van der Waals surface area contributed by atoms with Crippen molar-refractivity contribution in [2.75, 3.05) is 17.2 Å². The molecule has 1 atom stereocenters. The first-order chi connectivity index (χ1) is 10.5. The molecule has 1 aromatic carbocycles. The van der Waals surface area contributed by atoms with Crippen molar-refractivity contribution in [1.82, 2.24) is 0 Å². The second-order valence-corrected chi connectivity index (χ2v) is 6.55. The highest BCUT2D eigenvalue weighted by Gasteiger charge is 2.30. The molecule has 0 saturated carbocycles. The monoisotopic (exact) mass is 317 g/mol. The molecule has 0 aliphatic carbocycles. The van der Waals surface area contributed by atoms with E-state index < -0.39 is 0 Å². The van der Waals surface area contributed by atoms with Crippen molar-refractivity contribution in [3.05, 3.63) is 40.8 Å². The molecule has 114 valence electrons. The van der Waals surface area contributed by atoms with Gasteiger partial charge in [0.2, 0.25) is 5.91 Å². The van der Waals surface area contributed by atoms with Gasteiger partial charge in [-0.15, -0.1) is 0 Å². The molecular weight excluding hydrogens is 302 g/mol. The molecule has 6 heteroatoms. The van der Waals surface area contributed by atoms with Gasteiger partial charge in [0.1, 0.15) is 5.58 Å². The molecule has 1 aromatic heterocycles. The van der Waals surface area contributed by atoms with Crippen LogP contribution in [0.3, 0.4) is 0 Å². The van der Waals surface area contributed by atoms with E-state index in [-0.39, 0.29) is 22.6 Å². The molecule has 5 nitrogen and oxygen atoms in total. The molecule has 0 bridgehead atoms. The first kappa shape index (κ1) is 14.8. The van der Waals surface area contributed by atoms with Gasteiger partial charge in [0, 0.05) is 42.8 Å². The standard InChI is InChI=1S/C16H15NO4S/c1-10(18)22-9-11-6-15(19)17(8-11)13-3-4-14-12(7-13)2-5-16(20)21-14/h2-5,7,11H,6,8-9H2,1H3. The number of carbonyl (C=O) groups is 2. The number of anilines is 1. The van der Waals surface area contributed by atoms with Crippen LogP contribution in [0, 0.1) is 5.92 Å². The zero-order chi connectivity index (χ0) is 15.7. The minimum atomic E-state index is -0.390. The summed E-state index contributed by atoms with van der Waals surface area (Å²) in [6.45, 7) is 2.15. The fourth-order valence-corrected chi connectivity index (χ4v) is 3.30. The van der Waals surface area contributed by atoms with Crippen LogP contribution in [0.2, 0.25) is 0 Å². The Bertz CT molecular complexity index is 798. The van der Waals surface area contributed by atoms with Gasteiger partial charge in [-0.1, -0.05) is 11.8 Å². The van der Waals surface area contributed by atoms with Crippen molar-refractivity contribution in [2.45, 2.75) is 13.3 Å². The van der Waals surface area contributed by atoms with Crippen molar-refractivity contribution >= 4 is 39.4 Å². The summed E-state index contributed by atoms with van der Waals surface area (Å²) >= 11 is 1.26.